The van der Waals surface area contributed by atoms with Crippen molar-refractivity contribution in [3.63, 3.8) is 0 Å². The number of nitrogens with zero attached hydrogens (tertiary/aromatic N) is 2. The quantitative estimate of drug-likeness (QED) is 0.599. The van der Waals surface area contributed by atoms with Crippen LogP contribution >= 0.6 is 11.6 Å². The zero-order chi connectivity index (χ0) is 10.8. The Morgan fingerprint density at radius 2 is 2.27 bits per heavy atom. The van der Waals surface area contributed by atoms with Crippen molar-refractivity contribution in [3.8, 4) is 5.69 Å². The van der Waals surface area contributed by atoms with Crippen molar-refractivity contribution in [1.82, 2.24) is 9.55 Å². The molecule has 1 aromatic heterocycles. The van der Waals surface area contributed by atoms with E-state index in [9.17, 15) is 0 Å². The molecular weight excluding hydrogens is 212 g/mol. The molecule has 0 atom stereocenters. The molecule has 3 N–H and O–H groups in total. The van der Waals surface area contributed by atoms with Crippen LogP contribution in [0.4, 0.5) is 0 Å². The first-order valence-electron chi connectivity index (χ1n) is 4.31. The van der Waals surface area contributed by atoms with Crippen molar-refractivity contribution in [2.24, 2.45) is 5.73 Å². The zero-order valence-electron chi connectivity index (χ0n) is 7.81. The molecule has 0 unspecified atom stereocenters. The first kappa shape index (κ1) is 9.73. The molecule has 0 bridgehead atoms. The summed E-state index contributed by atoms with van der Waals surface area (Å²) in [6, 6.07) is 5.18. The van der Waals surface area contributed by atoms with E-state index in [0.717, 1.165) is 5.69 Å². The fourth-order valence-electron chi connectivity index (χ4n) is 1.35. The number of halogens is 1. The molecule has 0 aliphatic heterocycles. The molecule has 15 heavy (non-hydrogen) atoms. The van der Waals surface area contributed by atoms with E-state index in [1.807, 2.05) is 0 Å². The Bertz CT molecular complexity index is 490. The van der Waals surface area contributed by atoms with Gasteiger partial charge in [-0.15, -0.1) is 0 Å². The van der Waals surface area contributed by atoms with Crippen LogP contribution in [0.1, 0.15) is 5.56 Å². The second-order valence-corrected chi connectivity index (χ2v) is 3.48. The lowest BCUT2D eigenvalue weighted by molar-refractivity contribution is 1.05. The number of hydrogen-bond donors (Lipinski definition) is 2. The van der Waals surface area contributed by atoms with Crippen LogP contribution in [0.5, 0.6) is 0 Å². The van der Waals surface area contributed by atoms with Crippen LogP contribution in [-0.2, 0) is 0 Å². The second kappa shape index (κ2) is 3.74. The highest BCUT2D eigenvalue weighted by Crippen LogP contribution is 2.19. The minimum Gasteiger partial charge on any atom is -0.384 e. The third-order valence-corrected chi connectivity index (χ3v) is 2.27. The van der Waals surface area contributed by atoms with E-state index in [1.165, 1.54) is 0 Å². The molecule has 0 radical (unpaired) electrons. The fourth-order valence-corrected chi connectivity index (χ4v) is 1.51. The van der Waals surface area contributed by atoms with Gasteiger partial charge in [-0.25, -0.2) is 4.98 Å². The first-order valence-corrected chi connectivity index (χ1v) is 4.68. The lowest BCUT2D eigenvalue weighted by atomic mass is 10.1. The molecule has 2 rings (SSSR count). The molecule has 0 amide bonds. The van der Waals surface area contributed by atoms with E-state index in [0.29, 0.717) is 10.6 Å². The summed E-state index contributed by atoms with van der Waals surface area (Å²) in [6.07, 6.45) is 5.07. The Hall–Kier alpha value is -1.81. The molecule has 2 aromatic rings. The van der Waals surface area contributed by atoms with Crippen molar-refractivity contribution in [2.45, 2.75) is 0 Å². The summed E-state index contributed by atoms with van der Waals surface area (Å²) in [5.41, 5.74) is 6.87. The number of nitrogens with one attached hydrogen (secondary N) is 1. The number of nitrogen functional groups attached to an aromatic ring is 1. The molecule has 1 aromatic carbocycles. The molecular formula is C10H9ClN4. The Balaban J connectivity index is 2.63. The van der Waals surface area contributed by atoms with Crippen LogP contribution < -0.4 is 5.73 Å². The van der Waals surface area contributed by atoms with Gasteiger partial charge in [-0.2, -0.15) is 0 Å². The van der Waals surface area contributed by atoms with Crippen LogP contribution in [0.2, 0.25) is 5.02 Å². The van der Waals surface area contributed by atoms with Crippen LogP contribution in [0.25, 0.3) is 5.69 Å². The maximum absolute atomic E-state index is 7.45. The summed E-state index contributed by atoms with van der Waals surface area (Å²) in [4.78, 5) is 3.94. The lowest BCUT2D eigenvalue weighted by Gasteiger charge is -2.08. The molecule has 1 heterocycles. The first-order chi connectivity index (χ1) is 7.18. The number of hydrogen-bond acceptors (Lipinski definition) is 2. The Morgan fingerprint density at radius 3 is 2.87 bits per heavy atom. The van der Waals surface area contributed by atoms with Crippen molar-refractivity contribution in [2.75, 3.05) is 0 Å². The average molecular weight is 221 g/mol. The van der Waals surface area contributed by atoms with E-state index >= 15 is 0 Å². The van der Waals surface area contributed by atoms with Gasteiger partial charge >= 0.3 is 0 Å². The summed E-state index contributed by atoms with van der Waals surface area (Å²) in [6.45, 7) is 0. The van der Waals surface area contributed by atoms with E-state index in [2.05, 4.69) is 4.98 Å². The fraction of sp³-hybridized carbons (Fsp3) is 0. The molecule has 0 saturated carbocycles. The summed E-state index contributed by atoms with van der Waals surface area (Å²) in [7, 11) is 0. The lowest BCUT2D eigenvalue weighted by Crippen LogP contribution is -2.14. The molecule has 0 spiro atoms. The van der Waals surface area contributed by atoms with Gasteiger partial charge in [0, 0.05) is 23.0 Å². The van der Waals surface area contributed by atoms with E-state index < -0.39 is 0 Å². The maximum Gasteiger partial charge on any atom is 0.124 e. The van der Waals surface area contributed by atoms with Crippen LogP contribution in [0, 0.1) is 5.41 Å². The van der Waals surface area contributed by atoms with Gasteiger partial charge < -0.3 is 10.3 Å². The van der Waals surface area contributed by atoms with Gasteiger partial charge in [0.05, 0.1) is 12.0 Å². The Kier molecular flexibility index (Phi) is 2.43. The Labute approximate surface area is 91.8 Å². The summed E-state index contributed by atoms with van der Waals surface area (Å²) in [5, 5.41) is 8.05. The normalized spacial score (nSPS) is 10.2. The Morgan fingerprint density at radius 1 is 1.47 bits per heavy atom. The number of aromatic nitrogens is 2. The van der Waals surface area contributed by atoms with Gasteiger partial charge in [-0.3, -0.25) is 5.41 Å². The highest BCUT2D eigenvalue weighted by molar-refractivity contribution is 6.31. The largest absolute Gasteiger partial charge is 0.384 e. The van der Waals surface area contributed by atoms with Crippen molar-refractivity contribution in [1.29, 1.82) is 5.41 Å². The van der Waals surface area contributed by atoms with Gasteiger partial charge in [0.15, 0.2) is 0 Å². The smallest absolute Gasteiger partial charge is 0.124 e. The molecule has 0 fully saturated rings. The van der Waals surface area contributed by atoms with Crippen LogP contribution in [0.3, 0.4) is 0 Å². The number of imidazole rings is 1. The number of rotatable bonds is 2. The molecule has 0 aliphatic carbocycles. The maximum atomic E-state index is 7.45. The van der Waals surface area contributed by atoms with Gasteiger partial charge in [-0.05, 0) is 18.2 Å². The standard InChI is InChI=1S/C10H9ClN4/c11-7-1-2-8(10(12)13)9(5-7)15-4-3-14-6-15/h1-6H,(H3,12,13). The molecule has 76 valence electrons. The van der Waals surface area contributed by atoms with Gasteiger partial charge in [0.1, 0.15) is 5.84 Å². The predicted molar refractivity (Wildman–Crippen MR) is 59.6 cm³/mol. The van der Waals surface area contributed by atoms with E-state index in [4.69, 9.17) is 22.7 Å². The highest BCUT2D eigenvalue weighted by atomic mass is 35.5. The summed E-state index contributed by atoms with van der Waals surface area (Å²) in [5.74, 6) is 0.00960. The monoisotopic (exact) mass is 220 g/mol. The van der Waals surface area contributed by atoms with Crippen molar-refractivity contribution in [3.05, 3.63) is 47.5 Å². The number of amidine groups is 1. The van der Waals surface area contributed by atoms with Crippen molar-refractivity contribution >= 4 is 17.4 Å². The summed E-state index contributed by atoms with van der Waals surface area (Å²) < 4.78 is 1.77. The number of nitrogens with two attached hydrogens (primary N) is 1. The predicted octanol–water partition coefficient (Wildman–Crippen LogP) is 1.81. The minimum absolute atomic E-state index is 0.00960. The van der Waals surface area contributed by atoms with Crippen LogP contribution in [-0.4, -0.2) is 15.4 Å². The topological polar surface area (TPSA) is 67.7 Å². The highest BCUT2D eigenvalue weighted by Gasteiger charge is 2.07. The number of benzene rings is 1. The zero-order valence-corrected chi connectivity index (χ0v) is 8.57. The van der Waals surface area contributed by atoms with E-state index in [-0.39, 0.29) is 5.84 Å². The average Bonchev–Trinajstić information content (AvgIpc) is 2.69. The SMILES string of the molecule is N=C(N)c1ccc(Cl)cc1-n1ccnc1. The molecule has 0 saturated heterocycles. The van der Waals surface area contributed by atoms with Crippen LogP contribution in [0.15, 0.2) is 36.9 Å². The van der Waals surface area contributed by atoms with E-state index in [1.54, 1.807) is 41.5 Å². The molecule has 5 heteroatoms. The molecule has 4 nitrogen and oxygen atoms in total. The summed E-state index contributed by atoms with van der Waals surface area (Å²) >= 11 is 5.89. The van der Waals surface area contributed by atoms with Crippen molar-refractivity contribution < 1.29 is 0 Å². The second-order valence-electron chi connectivity index (χ2n) is 3.05. The minimum atomic E-state index is 0.00960. The third kappa shape index (κ3) is 1.85. The van der Waals surface area contributed by atoms with Gasteiger partial charge in [0.25, 0.3) is 0 Å². The van der Waals surface area contributed by atoms with Gasteiger partial charge in [-0.1, -0.05) is 11.6 Å². The molecule has 0 aliphatic rings. The third-order valence-electron chi connectivity index (χ3n) is 2.03. The van der Waals surface area contributed by atoms with Gasteiger partial charge in [0.2, 0.25) is 0 Å².